The Morgan fingerprint density at radius 3 is 1.97 bits per heavy atom. The first-order valence-electron chi connectivity index (χ1n) is 10.9. The summed E-state index contributed by atoms with van der Waals surface area (Å²) < 4.78 is 33.8. The van der Waals surface area contributed by atoms with Gasteiger partial charge < -0.3 is 27.2 Å². The van der Waals surface area contributed by atoms with Crippen molar-refractivity contribution in [2.24, 2.45) is 11.8 Å². The van der Waals surface area contributed by atoms with Gasteiger partial charge in [0.05, 0.1) is 37.3 Å². The predicted octanol–water partition coefficient (Wildman–Crippen LogP) is -0.548. The monoisotopic (exact) mass is 484 g/mol. The average Bonchev–Trinajstić information content (AvgIpc) is 2.71. The molecule has 0 aromatic heterocycles. The molecular weight excluding hydrogens is 448 g/mol. The second-order valence-corrected chi connectivity index (χ2v) is 10.7. The van der Waals surface area contributed by atoms with E-state index in [1.807, 2.05) is 0 Å². The smallest absolute Gasteiger partial charge is 0.264 e. The molecule has 2 N–H and O–H groups in total. The van der Waals surface area contributed by atoms with Gasteiger partial charge in [-0.3, -0.25) is 4.31 Å². The number of sulfonamides is 1. The minimum atomic E-state index is -3.88. The van der Waals surface area contributed by atoms with E-state index < -0.39 is 16.1 Å². The number of rotatable bonds is 12. The molecule has 0 aliphatic rings. The van der Waals surface area contributed by atoms with Crippen LogP contribution in [0.4, 0.5) is 5.69 Å². The molecule has 180 valence electrons. The van der Waals surface area contributed by atoms with Gasteiger partial charge >= 0.3 is 0 Å². The normalized spacial score (nSPS) is 12.7. The lowest BCUT2D eigenvalue weighted by Crippen LogP contribution is -3.14. The Morgan fingerprint density at radius 1 is 0.906 bits per heavy atom. The van der Waals surface area contributed by atoms with Gasteiger partial charge in [0.25, 0.3) is 10.0 Å². The maximum Gasteiger partial charge on any atom is 0.264 e. The number of ether oxygens (including phenoxy) is 1. The first kappa shape index (κ1) is 28.2. The number of halogens is 1. The van der Waals surface area contributed by atoms with E-state index in [4.69, 9.17) is 4.74 Å². The Bertz CT molecular complexity index is 897. The molecule has 0 fully saturated rings. The van der Waals surface area contributed by atoms with E-state index in [-0.39, 0.29) is 23.8 Å². The Balaban J connectivity index is 0.00000512. The summed E-state index contributed by atoms with van der Waals surface area (Å²) in [7, 11) is -2.37. The van der Waals surface area contributed by atoms with Gasteiger partial charge in [-0.25, -0.2) is 8.42 Å². The summed E-state index contributed by atoms with van der Waals surface area (Å²) >= 11 is 0. The highest BCUT2D eigenvalue weighted by Crippen LogP contribution is 2.32. The zero-order chi connectivity index (χ0) is 23.0. The zero-order valence-electron chi connectivity index (χ0n) is 19.7. The Morgan fingerprint density at radius 2 is 1.44 bits per heavy atom. The van der Waals surface area contributed by atoms with Crippen molar-refractivity contribution < 1.29 is 35.6 Å². The van der Waals surface area contributed by atoms with Crippen LogP contribution in [0.2, 0.25) is 0 Å². The fourth-order valence-corrected chi connectivity index (χ4v) is 5.41. The van der Waals surface area contributed by atoms with Crippen LogP contribution in [0.5, 0.6) is 5.75 Å². The number of hydrogen-bond donors (Lipinski definition) is 2. The number of benzene rings is 2. The minimum absolute atomic E-state index is 0. The van der Waals surface area contributed by atoms with E-state index in [9.17, 15) is 13.5 Å². The van der Waals surface area contributed by atoms with E-state index in [2.05, 4.69) is 27.7 Å². The number of anilines is 1. The number of aliphatic hydroxyl groups is 1. The third-order valence-electron chi connectivity index (χ3n) is 4.98. The van der Waals surface area contributed by atoms with E-state index >= 15 is 0 Å². The van der Waals surface area contributed by atoms with E-state index in [0.29, 0.717) is 29.8 Å². The summed E-state index contributed by atoms with van der Waals surface area (Å²) in [6.45, 7) is 10.9. The van der Waals surface area contributed by atoms with Gasteiger partial charge in [0.2, 0.25) is 0 Å². The highest BCUT2D eigenvalue weighted by atomic mass is 35.5. The summed E-state index contributed by atoms with van der Waals surface area (Å²) in [5.41, 5.74) is 0.419. The average molecular weight is 485 g/mol. The fourth-order valence-electron chi connectivity index (χ4n) is 3.88. The van der Waals surface area contributed by atoms with Crippen molar-refractivity contribution in [1.82, 2.24) is 0 Å². The maximum absolute atomic E-state index is 13.5. The third-order valence-corrected chi connectivity index (χ3v) is 6.77. The van der Waals surface area contributed by atoms with Gasteiger partial charge in [0.15, 0.2) is 0 Å². The number of aliphatic hydroxyl groups excluding tert-OH is 1. The molecule has 0 heterocycles. The molecule has 2 aromatic carbocycles. The highest BCUT2D eigenvalue weighted by Gasteiger charge is 2.30. The van der Waals surface area contributed by atoms with Gasteiger partial charge in [0, 0.05) is 11.8 Å². The van der Waals surface area contributed by atoms with E-state index in [1.165, 1.54) is 16.3 Å². The zero-order valence-corrected chi connectivity index (χ0v) is 21.2. The van der Waals surface area contributed by atoms with Crippen LogP contribution in [0.25, 0.3) is 0 Å². The molecule has 0 spiro atoms. The van der Waals surface area contributed by atoms with Gasteiger partial charge in [-0.05, 0) is 24.3 Å². The van der Waals surface area contributed by atoms with Crippen LogP contribution in [0.3, 0.4) is 0 Å². The third kappa shape index (κ3) is 7.96. The Hall–Kier alpha value is -1.80. The lowest BCUT2D eigenvalue weighted by Gasteiger charge is -2.30. The maximum atomic E-state index is 13.5. The lowest BCUT2D eigenvalue weighted by atomic mass is 10.1. The van der Waals surface area contributed by atoms with Crippen molar-refractivity contribution in [3.8, 4) is 5.75 Å². The number of nitrogens with zero attached hydrogens (tertiary/aromatic N) is 1. The van der Waals surface area contributed by atoms with Crippen LogP contribution < -0.4 is 26.3 Å². The molecule has 0 saturated carbocycles. The molecule has 2 aromatic rings. The number of hydrogen-bond acceptors (Lipinski definition) is 4. The van der Waals surface area contributed by atoms with Crippen molar-refractivity contribution in [2.45, 2.75) is 38.7 Å². The van der Waals surface area contributed by atoms with Crippen molar-refractivity contribution in [3.63, 3.8) is 0 Å². The number of nitrogens with one attached hydrogen (secondary N) is 1. The first-order valence-corrected chi connectivity index (χ1v) is 12.3. The highest BCUT2D eigenvalue weighted by molar-refractivity contribution is 7.92. The van der Waals surface area contributed by atoms with Crippen LogP contribution >= 0.6 is 0 Å². The standard InChI is InChI=1S/C24H36N2O4S.ClH/c1-19(2)15-25(16-20(3)4)17-21(27)18-26(23-13-9-10-14-24(23)30-5)31(28,29)22-11-7-6-8-12-22;/h6-14,19-21,27H,15-18H2,1-5H3;1H. The summed E-state index contributed by atoms with van der Waals surface area (Å²) in [4.78, 5) is 1.45. The van der Waals surface area contributed by atoms with Crippen molar-refractivity contribution in [3.05, 3.63) is 54.6 Å². The van der Waals surface area contributed by atoms with Crippen molar-refractivity contribution in [1.29, 1.82) is 0 Å². The fraction of sp³-hybridized carbons (Fsp3) is 0.500. The van der Waals surface area contributed by atoms with Gasteiger partial charge in [-0.2, -0.15) is 0 Å². The van der Waals surface area contributed by atoms with Crippen molar-refractivity contribution in [2.75, 3.05) is 37.6 Å². The van der Waals surface area contributed by atoms with Crippen LogP contribution in [0, 0.1) is 11.8 Å². The predicted molar refractivity (Wildman–Crippen MR) is 125 cm³/mol. The van der Waals surface area contributed by atoms with Gasteiger partial charge in [-0.1, -0.05) is 58.0 Å². The van der Waals surface area contributed by atoms with Gasteiger partial charge in [-0.15, -0.1) is 0 Å². The Kier molecular flexibility index (Phi) is 11.5. The van der Waals surface area contributed by atoms with Crippen molar-refractivity contribution >= 4 is 15.7 Å². The van der Waals surface area contributed by atoms with Crippen LogP contribution in [0.15, 0.2) is 59.5 Å². The van der Waals surface area contributed by atoms with Crippen LogP contribution in [-0.4, -0.2) is 52.9 Å². The first-order chi connectivity index (χ1) is 14.6. The largest absolute Gasteiger partial charge is 1.00 e. The summed E-state index contributed by atoms with van der Waals surface area (Å²) in [6, 6.07) is 15.3. The molecule has 2 rings (SSSR count). The molecule has 0 saturated heterocycles. The molecule has 0 amide bonds. The van der Waals surface area contributed by atoms with Crippen LogP contribution in [0.1, 0.15) is 27.7 Å². The Labute approximate surface area is 199 Å². The topological polar surface area (TPSA) is 71.3 Å². The summed E-state index contributed by atoms with van der Waals surface area (Å²) in [5, 5.41) is 11.0. The van der Waals surface area contributed by atoms with E-state index in [0.717, 1.165) is 13.1 Å². The molecule has 0 aliphatic heterocycles. The molecule has 0 aliphatic carbocycles. The molecule has 32 heavy (non-hydrogen) atoms. The molecular formula is C24H37ClN2O4S. The minimum Gasteiger partial charge on any atom is -1.00 e. The van der Waals surface area contributed by atoms with E-state index in [1.54, 1.807) is 54.6 Å². The summed E-state index contributed by atoms with van der Waals surface area (Å²) in [6.07, 6.45) is -0.823. The number of para-hydroxylation sites is 2. The molecule has 6 nitrogen and oxygen atoms in total. The molecule has 1 atom stereocenters. The molecule has 8 heteroatoms. The molecule has 1 unspecified atom stereocenters. The second-order valence-electron chi connectivity index (χ2n) is 8.82. The quantitative estimate of drug-likeness (QED) is 0.424. The number of methoxy groups -OCH3 is 1. The lowest BCUT2D eigenvalue weighted by molar-refractivity contribution is -0.909. The molecule has 0 bridgehead atoms. The SMILES string of the molecule is COc1ccccc1N(CC(O)C[NH+](CC(C)C)CC(C)C)S(=O)(=O)c1ccccc1.[Cl-]. The molecule has 0 radical (unpaired) electrons. The van der Waals surface area contributed by atoms with Crippen LogP contribution in [-0.2, 0) is 10.0 Å². The second kappa shape index (κ2) is 13.0. The number of quaternary nitrogens is 1. The van der Waals surface area contributed by atoms with Gasteiger partial charge in [0.1, 0.15) is 18.4 Å². The summed E-state index contributed by atoms with van der Waals surface area (Å²) in [5.74, 6) is 1.42.